The van der Waals surface area contributed by atoms with Crippen molar-refractivity contribution in [3.8, 4) is 0 Å². The first-order valence-corrected chi connectivity index (χ1v) is 4.65. The SMILES string of the molecule is CC.NC1CCCCCC1.[HH]. The van der Waals surface area contributed by atoms with Crippen molar-refractivity contribution in [2.24, 2.45) is 5.73 Å². The van der Waals surface area contributed by atoms with Crippen LogP contribution in [-0.4, -0.2) is 6.04 Å². The monoisotopic (exact) mass is 145 g/mol. The lowest BCUT2D eigenvalue weighted by Gasteiger charge is -2.03. The second-order valence-corrected chi connectivity index (χ2v) is 2.75. The summed E-state index contributed by atoms with van der Waals surface area (Å²) in [7, 11) is 0. The molecule has 10 heavy (non-hydrogen) atoms. The summed E-state index contributed by atoms with van der Waals surface area (Å²) < 4.78 is 0. The van der Waals surface area contributed by atoms with Gasteiger partial charge in [0.25, 0.3) is 0 Å². The van der Waals surface area contributed by atoms with Gasteiger partial charge in [-0.05, 0) is 12.8 Å². The van der Waals surface area contributed by atoms with Gasteiger partial charge in [-0.3, -0.25) is 0 Å². The van der Waals surface area contributed by atoms with Crippen LogP contribution < -0.4 is 5.73 Å². The van der Waals surface area contributed by atoms with Gasteiger partial charge >= 0.3 is 0 Å². The largest absolute Gasteiger partial charge is 0.328 e. The van der Waals surface area contributed by atoms with E-state index in [1.807, 2.05) is 13.8 Å². The Morgan fingerprint density at radius 3 is 1.80 bits per heavy atom. The third-order valence-electron chi connectivity index (χ3n) is 1.90. The van der Waals surface area contributed by atoms with Crippen LogP contribution in [0.4, 0.5) is 0 Å². The number of rotatable bonds is 0. The molecule has 0 radical (unpaired) electrons. The highest BCUT2D eigenvalue weighted by Crippen LogP contribution is 2.14. The van der Waals surface area contributed by atoms with Crippen LogP contribution in [-0.2, 0) is 0 Å². The number of nitrogens with two attached hydrogens (primary N) is 1. The maximum Gasteiger partial charge on any atom is 0.00388 e. The Morgan fingerprint density at radius 2 is 1.40 bits per heavy atom. The Morgan fingerprint density at radius 1 is 1.00 bits per heavy atom. The van der Waals surface area contributed by atoms with Crippen LogP contribution in [0.3, 0.4) is 0 Å². The summed E-state index contributed by atoms with van der Waals surface area (Å²) in [4.78, 5) is 0. The van der Waals surface area contributed by atoms with Crippen molar-refractivity contribution in [1.82, 2.24) is 0 Å². The van der Waals surface area contributed by atoms with Gasteiger partial charge in [-0.15, -0.1) is 0 Å². The minimum atomic E-state index is 0. The van der Waals surface area contributed by atoms with Crippen LogP contribution in [0.15, 0.2) is 0 Å². The quantitative estimate of drug-likeness (QED) is 0.521. The Hall–Kier alpha value is -0.0400. The first-order valence-electron chi connectivity index (χ1n) is 4.65. The molecule has 0 amide bonds. The predicted molar refractivity (Wildman–Crippen MR) is 49.1 cm³/mol. The maximum absolute atomic E-state index is 5.73. The second-order valence-electron chi connectivity index (χ2n) is 2.75. The third kappa shape index (κ3) is 4.80. The molecule has 1 fully saturated rings. The molecule has 1 nitrogen and oxygen atoms in total. The van der Waals surface area contributed by atoms with Gasteiger partial charge in [0.05, 0.1) is 0 Å². The first kappa shape index (κ1) is 9.96. The van der Waals surface area contributed by atoms with Crippen LogP contribution in [0.5, 0.6) is 0 Å². The minimum absolute atomic E-state index is 0. The molecule has 0 unspecified atom stereocenters. The van der Waals surface area contributed by atoms with Crippen molar-refractivity contribution < 1.29 is 1.43 Å². The van der Waals surface area contributed by atoms with Crippen molar-refractivity contribution in [2.75, 3.05) is 0 Å². The fraction of sp³-hybridized carbons (Fsp3) is 1.00. The molecule has 0 bridgehead atoms. The van der Waals surface area contributed by atoms with Crippen molar-refractivity contribution >= 4 is 0 Å². The molecule has 0 spiro atoms. The van der Waals surface area contributed by atoms with Gasteiger partial charge in [-0.25, -0.2) is 0 Å². The van der Waals surface area contributed by atoms with E-state index in [2.05, 4.69) is 0 Å². The molecule has 0 aliphatic heterocycles. The molecule has 0 heterocycles. The smallest absolute Gasteiger partial charge is 0.00388 e. The average molecular weight is 145 g/mol. The summed E-state index contributed by atoms with van der Waals surface area (Å²) in [6, 6.07) is 0.525. The Balaban J connectivity index is 0. The minimum Gasteiger partial charge on any atom is -0.328 e. The van der Waals surface area contributed by atoms with Crippen molar-refractivity contribution in [3.63, 3.8) is 0 Å². The van der Waals surface area contributed by atoms with Crippen LogP contribution in [0.2, 0.25) is 0 Å². The Kier molecular flexibility index (Phi) is 7.04. The number of hydrogen-bond donors (Lipinski definition) is 1. The highest BCUT2D eigenvalue weighted by Gasteiger charge is 2.05. The van der Waals surface area contributed by atoms with Crippen LogP contribution >= 0.6 is 0 Å². The van der Waals surface area contributed by atoms with Gasteiger partial charge in [0, 0.05) is 7.47 Å². The molecule has 1 saturated carbocycles. The van der Waals surface area contributed by atoms with Crippen LogP contribution in [0.1, 0.15) is 53.8 Å². The van der Waals surface area contributed by atoms with Crippen molar-refractivity contribution in [3.05, 3.63) is 0 Å². The summed E-state index contributed by atoms with van der Waals surface area (Å²) in [5.74, 6) is 0. The van der Waals surface area contributed by atoms with Gasteiger partial charge in [0.15, 0.2) is 0 Å². The highest BCUT2D eigenvalue weighted by molar-refractivity contribution is 4.64. The van der Waals surface area contributed by atoms with E-state index in [0.29, 0.717) is 6.04 Å². The lowest BCUT2D eigenvalue weighted by Crippen LogP contribution is -2.17. The van der Waals surface area contributed by atoms with E-state index in [9.17, 15) is 0 Å². The van der Waals surface area contributed by atoms with E-state index >= 15 is 0 Å². The Bertz CT molecular complexity index is 58.6. The zero-order valence-electron chi connectivity index (χ0n) is 7.40. The van der Waals surface area contributed by atoms with E-state index in [4.69, 9.17) is 5.73 Å². The van der Waals surface area contributed by atoms with Gasteiger partial charge in [0.1, 0.15) is 0 Å². The molecule has 0 atom stereocenters. The summed E-state index contributed by atoms with van der Waals surface area (Å²) in [5, 5.41) is 0. The van der Waals surface area contributed by atoms with E-state index in [-0.39, 0.29) is 1.43 Å². The molecule has 0 aromatic heterocycles. The predicted octanol–water partition coefficient (Wildman–Crippen LogP) is 2.94. The fourth-order valence-corrected chi connectivity index (χ4v) is 1.31. The molecule has 1 aliphatic carbocycles. The zero-order valence-corrected chi connectivity index (χ0v) is 7.40. The molecule has 0 aromatic rings. The molecule has 1 rings (SSSR count). The molecule has 2 N–H and O–H groups in total. The van der Waals surface area contributed by atoms with Crippen LogP contribution in [0, 0.1) is 0 Å². The normalized spacial score (nSPS) is 20.7. The van der Waals surface area contributed by atoms with Gasteiger partial charge in [-0.2, -0.15) is 0 Å². The first-order chi connectivity index (χ1) is 4.89. The van der Waals surface area contributed by atoms with E-state index < -0.39 is 0 Å². The van der Waals surface area contributed by atoms with Gasteiger partial charge in [0.2, 0.25) is 0 Å². The summed E-state index contributed by atoms with van der Waals surface area (Å²) in [6.45, 7) is 4.00. The van der Waals surface area contributed by atoms with Crippen LogP contribution in [0.25, 0.3) is 0 Å². The standard InChI is InChI=1S/C7H15N.C2H6.H2/c8-7-5-3-1-2-4-6-7;1-2;/h7H,1-6,8H2;1-2H3;1H. The molecular formula is C9H23N. The summed E-state index contributed by atoms with van der Waals surface area (Å²) in [6.07, 6.45) is 8.07. The molecule has 64 valence electrons. The van der Waals surface area contributed by atoms with E-state index in [1.165, 1.54) is 38.5 Å². The van der Waals surface area contributed by atoms with Gasteiger partial charge < -0.3 is 5.73 Å². The zero-order chi connectivity index (χ0) is 7.82. The lowest BCUT2D eigenvalue weighted by molar-refractivity contribution is 0.583. The average Bonchev–Trinajstić information content (AvgIpc) is 2.21. The molecule has 0 saturated heterocycles. The van der Waals surface area contributed by atoms with Gasteiger partial charge in [-0.1, -0.05) is 39.5 Å². The van der Waals surface area contributed by atoms with Crippen molar-refractivity contribution in [2.45, 2.75) is 58.4 Å². The van der Waals surface area contributed by atoms with Crippen molar-refractivity contribution in [1.29, 1.82) is 0 Å². The fourth-order valence-electron chi connectivity index (χ4n) is 1.31. The topological polar surface area (TPSA) is 26.0 Å². The maximum atomic E-state index is 5.73. The summed E-state index contributed by atoms with van der Waals surface area (Å²) >= 11 is 0. The van der Waals surface area contributed by atoms with E-state index in [0.717, 1.165) is 0 Å². The molecule has 1 heteroatoms. The molecule has 1 aliphatic rings. The summed E-state index contributed by atoms with van der Waals surface area (Å²) in [5.41, 5.74) is 5.73. The molecular weight excluding hydrogens is 122 g/mol. The highest BCUT2D eigenvalue weighted by atomic mass is 14.6. The molecule has 0 aromatic carbocycles. The Labute approximate surface area is 66.5 Å². The second kappa shape index (κ2) is 7.07. The third-order valence-corrected chi connectivity index (χ3v) is 1.90. The lowest BCUT2D eigenvalue weighted by atomic mass is 10.1. The van der Waals surface area contributed by atoms with E-state index in [1.54, 1.807) is 0 Å². The number of hydrogen-bond acceptors (Lipinski definition) is 1.